The van der Waals surface area contributed by atoms with Gasteiger partial charge in [0.05, 0.1) is 0 Å². The highest BCUT2D eigenvalue weighted by Crippen LogP contribution is 2.27. The quantitative estimate of drug-likeness (QED) is 0.558. The molecule has 0 amide bonds. The van der Waals surface area contributed by atoms with Crippen molar-refractivity contribution in [1.82, 2.24) is 14.8 Å². The monoisotopic (exact) mass is 390 g/mol. The molecule has 0 bridgehead atoms. The van der Waals surface area contributed by atoms with Gasteiger partial charge in [-0.1, -0.05) is 23.9 Å². The summed E-state index contributed by atoms with van der Waals surface area (Å²) in [7, 11) is 5.92. The molecule has 0 aliphatic rings. The molecule has 0 aliphatic carbocycles. The van der Waals surface area contributed by atoms with E-state index >= 15 is 0 Å². The average molecular weight is 390 g/mol. The van der Waals surface area contributed by atoms with E-state index in [1.807, 2.05) is 54.9 Å². The molecule has 0 aliphatic heterocycles. The number of rotatable bonds is 7. The van der Waals surface area contributed by atoms with Crippen LogP contribution in [-0.2, 0) is 12.8 Å². The zero-order valence-corrected chi connectivity index (χ0v) is 16.1. The summed E-state index contributed by atoms with van der Waals surface area (Å²) in [5, 5.41) is 9.34. The molecule has 3 aromatic rings. The van der Waals surface area contributed by atoms with Gasteiger partial charge in [0.25, 0.3) is 0 Å². The topological polar surface area (TPSA) is 43.2 Å². The number of aromatic nitrogens is 3. The lowest BCUT2D eigenvalue weighted by atomic mass is 10.2. The molecule has 0 fully saturated rings. The molecule has 27 heavy (non-hydrogen) atoms. The summed E-state index contributed by atoms with van der Waals surface area (Å²) in [5.41, 5.74) is 3.10. The minimum Gasteiger partial charge on any atom is -0.435 e. The lowest BCUT2D eigenvalue weighted by Crippen LogP contribution is -2.08. The number of benzene rings is 2. The van der Waals surface area contributed by atoms with E-state index in [2.05, 4.69) is 14.9 Å². The number of hydrogen-bond acceptors (Lipinski definition) is 5. The van der Waals surface area contributed by atoms with Crippen LogP contribution >= 0.6 is 11.8 Å². The minimum atomic E-state index is -2.81. The van der Waals surface area contributed by atoms with Gasteiger partial charge < -0.3 is 14.2 Å². The van der Waals surface area contributed by atoms with E-state index in [-0.39, 0.29) is 5.75 Å². The van der Waals surface area contributed by atoms with Crippen LogP contribution in [0.5, 0.6) is 5.75 Å². The van der Waals surface area contributed by atoms with E-state index in [1.165, 1.54) is 23.9 Å². The summed E-state index contributed by atoms with van der Waals surface area (Å²) in [6.07, 6.45) is 0. The smallest absolute Gasteiger partial charge is 0.387 e. The highest BCUT2D eigenvalue weighted by Gasteiger charge is 2.12. The lowest BCUT2D eigenvalue weighted by molar-refractivity contribution is -0.0498. The van der Waals surface area contributed by atoms with Crippen molar-refractivity contribution in [2.45, 2.75) is 17.5 Å². The summed E-state index contributed by atoms with van der Waals surface area (Å²) in [4.78, 5) is 2.04. The molecule has 3 rings (SSSR count). The van der Waals surface area contributed by atoms with Crippen LogP contribution < -0.4 is 9.64 Å². The summed E-state index contributed by atoms with van der Waals surface area (Å²) < 4.78 is 30.7. The molecule has 5 nitrogen and oxygen atoms in total. The van der Waals surface area contributed by atoms with E-state index in [4.69, 9.17) is 0 Å². The fourth-order valence-corrected chi connectivity index (χ4v) is 3.38. The maximum absolute atomic E-state index is 12.2. The summed E-state index contributed by atoms with van der Waals surface area (Å²) in [6.45, 7) is -2.81. The van der Waals surface area contributed by atoms with Gasteiger partial charge in [0.1, 0.15) is 5.75 Å². The highest BCUT2D eigenvalue weighted by atomic mass is 32.2. The van der Waals surface area contributed by atoms with Gasteiger partial charge in [-0.3, -0.25) is 0 Å². The molecule has 142 valence electrons. The van der Waals surface area contributed by atoms with Gasteiger partial charge in [-0.05, 0) is 42.0 Å². The third kappa shape index (κ3) is 4.77. The number of thioether (sulfide) groups is 1. The Kier molecular flexibility index (Phi) is 5.95. The SMILES string of the molecule is CN(C)c1ccc(-c2nnc(SCc3ccc(OC(F)F)cc3)n2C)cc1. The van der Waals surface area contributed by atoms with Crippen LogP contribution in [-0.4, -0.2) is 35.5 Å². The summed E-state index contributed by atoms with van der Waals surface area (Å²) in [5.74, 6) is 1.60. The van der Waals surface area contributed by atoms with Crippen LogP contribution in [0.15, 0.2) is 53.7 Å². The second-order valence-corrected chi connectivity index (χ2v) is 7.06. The molecule has 0 radical (unpaired) electrons. The normalized spacial score (nSPS) is 11.0. The first-order valence-corrected chi connectivity index (χ1v) is 9.26. The van der Waals surface area contributed by atoms with Gasteiger partial charge in [-0.25, -0.2) is 0 Å². The Balaban J connectivity index is 1.66. The van der Waals surface area contributed by atoms with Crippen molar-refractivity contribution < 1.29 is 13.5 Å². The van der Waals surface area contributed by atoms with Crippen LogP contribution in [0.3, 0.4) is 0 Å². The Morgan fingerprint density at radius 1 is 1.04 bits per heavy atom. The minimum absolute atomic E-state index is 0.154. The standard InChI is InChI=1S/C19H20F2N4OS/c1-24(2)15-8-6-14(7-9-15)17-22-23-19(25(17)3)27-12-13-4-10-16(11-5-13)26-18(20)21/h4-11,18H,12H2,1-3H3. The Hall–Kier alpha value is -2.61. The number of anilines is 1. The third-order valence-electron chi connectivity index (χ3n) is 3.99. The Labute approximate surface area is 161 Å². The van der Waals surface area contributed by atoms with Crippen molar-refractivity contribution in [3.63, 3.8) is 0 Å². The molecule has 1 heterocycles. The molecule has 2 aromatic carbocycles. The third-order valence-corrected chi connectivity index (χ3v) is 5.08. The van der Waals surface area contributed by atoms with Gasteiger partial charge in [0.2, 0.25) is 0 Å². The molecule has 1 aromatic heterocycles. The maximum Gasteiger partial charge on any atom is 0.387 e. The Morgan fingerprint density at radius 2 is 1.70 bits per heavy atom. The molecule has 0 atom stereocenters. The molecule has 0 N–H and O–H groups in total. The zero-order chi connectivity index (χ0) is 19.4. The number of alkyl halides is 2. The van der Waals surface area contributed by atoms with Crippen LogP contribution in [0.1, 0.15) is 5.56 Å². The van der Waals surface area contributed by atoms with E-state index in [0.717, 1.165) is 27.8 Å². The van der Waals surface area contributed by atoms with Crippen molar-refractivity contribution in [3.8, 4) is 17.1 Å². The van der Waals surface area contributed by atoms with Crippen molar-refractivity contribution in [2.75, 3.05) is 19.0 Å². The fourth-order valence-electron chi connectivity index (χ4n) is 2.52. The number of halogens is 2. The van der Waals surface area contributed by atoms with Gasteiger partial charge in [0, 0.05) is 38.1 Å². The van der Waals surface area contributed by atoms with Gasteiger partial charge in [-0.15, -0.1) is 10.2 Å². The van der Waals surface area contributed by atoms with E-state index in [9.17, 15) is 8.78 Å². The first-order chi connectivity index (χ1) is 12.9. The predicted molar refractivity (Wildman–Crippen MR) is 103 cm³/mol. The van der Waals surface area contributed by atoms with E-state index in [1.54, 1.807) is 12.1 Å². The number of ether oxygens (including phenoxy) is 1. The summed E-state index contributed by atoms with van der Waals surface area (Å²) in [6, 6.07) is 14.7. The van der Waals surface area contributed by atoms with Crippen molar-refractivity contribution in [2.24, 2.45) is 7.05 Å². The Morgan fingerprint density at radius 3 is 2.30 bits per heavy atom. The molecular formula is C19H20F2N4OS. The van der Waals surface area contributed by atoms with Crippen LogP contribution in [0.4, 0.5) is 14.5 Å². The van der Waals surface area contributed by atoms with Crippen molar-refractivity contribution in [3.05, 3.63) is 54.1 Å². The fraction of sp³-hybridized carbons (Fsp3) is 0.263. The van der Waals surface area contributed by atoms with Gasteiger partial charge in [-0.2, -0.15) is 8.78 Å². The van der Waals surface area contributed by atoms with E-state index < -0.39 is 6.61 Å². The lowest BCUT2D eigenvalue weighted by Gasteiger charge is -2.12. The van der Waals surface area contributed by atoms with Crippen molar-refractivity contribution in [1.29, 1.82) is 0 Å². The molecule has 8 heteroatoms. The zero-order valence-electron chi connectivity index (χ0n) is 15.3. The first kappa shape index (κ1) is 19.2. The van der Waals surface area contributed by atoms with Crippen LogP contribution in [0.2, 0.25) is 0 Å². The van der Waals surface area contributed by atoms with Crippen LogP contribution in [0, 0.1) is 0 Å². The number of nitrogens with zero attached hydrogens (tertiary/aromatic N) is 4. The summed E-state index contributed by atoms with van der Waals surface area (Å²) >= 11 is 1.54. The van der Waals surface area contributed by atoms with Crippen molar-refractivity contribution >= 4 is 17.4 Å². The second-order valence-electron chi connectivity index (χ2n) is 6.12. The Bertz CT molecular complexity index is 880. The molecular weight excluding hydrogens is 370 g/mol. The predicted octanol–water partition coefficient (Wildman–Crippen LogP) is 4.44. The highest BCUT2D eigenvalue weighted by molar-refractivity contribution is 7.98. The van der Waals surface area contributed by atoms with Gasteiger partial charge in [0.15, 0.2) is 11.0 Å². The van der Waals surface area contributed by atoms with Gasteiger partial charge >= 0.3 is 6.61 Å². The average Bonchev–Trinajstić information content (AvgIpc) is 3.01. The second kappa shape index (κ2) is 8.39. The molecule has 0 spiro atoms. The first-order valence-electron chi connectivity index (χ1n) is 8.28. The largest absolute Gasteiger partial charge is 0.435 e. The van der Waals surface area contributed by atoms with Crippen LogP contribution in [0.25, 0.3) is 11.4 Å². The maximum atomic E-state index is 12.2. The molecule has 0 unspecified atom stereocenters. The molecule has 0 saturated heterocycles. The number of hydrogen-bond donors (Lipinski definition) is 0. The van der Waals surface area contributed by atoms with E-state index in [0.29, 0.717) is 5.75 Å². The molecule has 0 saturated carbocycles.